The van der Waals surface area contributed by atoms with Crippen LogP contribution in [0.4, 0.5) is 0 Å². The molecule has 0 bridgehead atoms. The minimum atomic E-state index is -5.25. The molecule has 0 aliphatic carbocycles. The highest BCUT2D eigenvalue weighted by Gasteiger charge is 2.38. The minimum Gasteiger partial charge on any atom is -0.316 e. The van der Waals surface area contributed by atoms with E-state index in [0.29, 0.717) is 0 Å². The Morgan fingerprint density at radius 1 is 0.923 bits per heavy atom. The van der Waals surface area contributed by atoms with Crippen LogP contribution in [0.3, 0.4) is 0 Å². The Balaban J connectivity index is 4.54. The van der Waals surface area contributed by atoms with Crippen molar-refractivity contribution in [3.8, 4) is 0 Å². The molecule has 0 saturated carbocycles. The fourth-order valence-corrected chi connectivity index (χ4v) is 6.83. The molecule has 0 spiro atoms. The molecular weight excluding hydrogens is 269 g/mol. The Labute approximate surface area is 75.6 Å². The fourth-order valence-electron chi connectivity index (χ4n) is 0.284. The molecule has 0 heterocycles. The summed E-state index contributed by atoms with van der Waals surface area (Å²) in [7, 11) is -5.25. The molecule has 0 aromatic heterocycles. The molecule has 5 N–H and O–H groups in total. The Hall–Kier alpha value is 0.800. The van der Waals surface area contributed by atoms with Crippen LogP contribution in [0, 0.1) is 0 Å². The lowest BCUT2D eigenvalue weighted by molar-refractivity contribution is 0.271. The number of phosphoric acid groups is 1. The van der Waals surface area contributed by atoms with E-state index in [2.05, 4.69) is 4.31 Å². The number of rotatable bonds is 4. The normalized spacial score (nSPS) is 18.2. The Morgan fingerprint density at radius 2 is 1.31 bits per heavy atom. The van der Waals surface area contributed by atoms with Crippen LogP contribution in [0.25, 0.3) is 0 Å². The zero-order valence-corrected chi connectivity index (χ0v) is 9.12. The zero-order valence-electron chi connectivity index (χ0n) is 5.62. The maximum atomic E-state index is 10.6. The molecule has 0 aliphatic rings. The predicted octanol–water partition coefficient (Wildman–Crippen LogP) is 0.0220. The molecule has 0 radical (unpaired) electrons. The van der Waals surface area contributed by atoms with Gasteiger partial charge in [-0.05, 0) is 0 Å². The molecule has 0 aromatic carbocycles. The molecule has 80 valence electrons. The number of hydrogen-bond acceptors (Lipinski definition) is 5. The molecule has 0 saturated heterocycles. The van der Waals surface area contributed by atoms with Gasteiger partial charge in [0.15, 0.2) is 0 Å². The smallest absolute Gasteiger partial charge is 0.316 e. The third kappa shape index (κ3) is 9.11. The van der Waals surface area contributed by atoms with Crippen LogP contribution in [0.5, 0.6) is 0 Å². The largest absolute Gasteiger partial charge is 0.477 e. The van der Waals surface area contributed by atoms with Crippen molar-refractivity contribution < 1.29 is 42.5 Å². The number of hydrogen-bond donors (Lipinski definition) is 5. The van der Waals surface area contributed by atoms with Gasteiger partial charge >= 0.3 is 21.4 Å². The van der Waals surface area contributed by atoms with Gasteiger partial charge in [0.2, 0.25) is 0 Å². The van der Waals surface area contributed by atoms with Crippen molar-refractivity contribution in [2.45, 2.75) is 0 Å². The standard InChI is InChI=1S/H5O9P3S/c1-10(2,3)9-12(7,8)13-11(4,5)6/h(H,7,8)(H2,1,2,3)(H2,4,5,6). The SMILES string of the molecule is O=P(O)(O)OP(=O)(O)SP(=O)(O)O. The van der Waals surface area contributed by atoms with Gasteiger partial charge in [-0.15, -0.1) is 0 Å². The third-order valence-electron chi connectivity index (χ3n) is 0.419. The van der Waals surface area contributed by atoms with E-state index in [9.17, 15) is 13.7 Å². The van der Waals surface area contributed by atoms with E-state index in [1.807, 2.05) is 0 Å². The van der Waals surface area contributed by atoms with Gasteiger partial charge in [-0.2, -0.15) is 4.31 Å². The van der Waals surface area contributed by atoms with Gasteiger partial charge in [-0.1, -0.05) is 0 Å². The quantitative estimate of drug-likeness (QED) is 0.441. The average Bonchev–Trinajstić information content (AvgIpc) is 1.43. The van der Waals surface area contributed by atoms with E-state index in [-0.39, 0.29) is 0 Å². The van der Waals surface area contributed by atoms with Crippen LogP contribution in [-0.4, -0.2) is 24.5 Å². The Kier molecular flexibility index (Phi) is 4.37. The second-order valence-electron chi connectivity index (χ2n) is 1.61. The lowest BCUT2D eigenvalue weighted by atomic mass is 15.7. The average molecular weight is 274 g/mol. The van der Waals surface area contributed by atoms with E-state index < -0.39 is 32.4 Å². The van der Waals surface area contributed by atoms with Crippen LogP contribution < -0.4 is 0 Å². The van der Waals surface area contributed by atoms with Crippen molar-refractivity contribution in [2.75, 3.05) is 0 Å². The highest BCUT2D eigenvalue weighted by atomic mass is 33.1. The highest BCUT2D eigenvalue weighted by Crippen LogP contribution is 2.76. The van der Waals surface area contributed by atoms with E-state index in [0.717, 1.165) is 0 Å². The molecule has 0 fully saturated rings. The summed E-state index contributed by atoms with van der Waals surface area (Å²) in [6, 6.07) is 0. The first-order chi connectivity index (χ1) is 5.41. The molecule has 0 amide bonds. The minimum absolute atomic E-state index is 0.851. The van der Waals surface area contributed by atoms with E-state index in [1.165, 1.54) is 0 Å². The lowest BCUT2D eigenvalue weighted by Gasteiger charge is -2.11. The first-order valence-electron chi connectivity index (χ1n) is 2.28. The summed E-state index contributed by atoms with van der Waals surface area (Å²) < 4.78 is 33.9. The van der Waals surface area contributed by atoms with Crippen molar-refractivity contribution in [3.05, 3.63) is 0 Å². The van der Waals surface area contributed by atoms with Gasteiger partial charge in [0.1, 0.15) is 0 Å². The Morgan fingerprint density at radius 3 is 1.54 bits per heavy atom. The summed E-state index contributed by atoms with van der Waals surface area (Å²) in [6.07, 6.45) is 0. The van der Waals surface area contributed by atoms with Crippen molar-refractivity contribution in [1.29, 1.82) is 0 Å². The molecule has 13 heteroatoms. The van der Waals surface area contributed by atoms with Gasteiger partial charge in [-0.3, -0.25) is 0 Å². The van der Waals surface area contributed by atoms with Crippen LogP contribution in [-0.2, 0) is 18.0 Å². The van der Waals surface area contributed by atoms with E-state index in [4.69, 9.17) is 24.5 Å². The first kappa shape index (κ1) is 13.8. The maximum absolute atomic E-state index is 10.6. The highest BCUT2D eigenvalue weighted by molar-refractivity contribution is 8.84. The third-order valence-corrected chi connectivity index (χ3v) is 8.14. The summed E-state index contributed by atoms with van der Waals surface area (Å²) in [5.74, 6) is 0. The molecule has 0 rings (SSSR count). The maximum Gasteiger partial charge on any atom is 0.477 e. The van der Waals surface area contributed by atoms with Crippen LogP contribution in [0.2, 0.25) is 0 Å². The van der Waals surface area contributed by atoms with Crippen molar-refractivity contribution in [2.24, 2.45) is 0 Å². The zero-order chi connectivity index (χ0) is 10.9. The molecule has 9 nitrogen and oxygen atoms in total. The van der Waals surface area contributed by atoms with Gasteiger partial charge in [0, 0.05) is 0 Å². The van der Waals surface area contributed by atoms with Crippen molar-refractivity contribution in [1.82, 2.24) is 0 Å². The van der Waals surface area contributed by atoms with Crippen LogP contribution in [0.15, 0.2) is 0 Å². The Bertz CT molecular complexity index is 277. The second kappa shape index (κ2) is 4.12. The van der Waals surface area contributed by atoms with Gasteiger partial charge in [-0.25, -0.2) is 13.7 Å². The van der Waals surface area contributed by atoms with E-state index >= 15 is 0 Å². The monoisotopic (exact) mass is 274 g/mol. The molecule has 1 atom stereocenters. The summed E-state index contributed by atoms with van der Waals surface area (Å²) >= 11 is -0.851. The summed E-state index contributed by atoms with van der Waals surface area (Å²) in [4.78, 5) is 40.9. The van der Waals surface area contributed by atoms with Gasteiger partial charge in [0.25, 0.3) is 0 Å². The van der Waals surface area contributed by atoms with Crippen LogP contribution in [0.1, 0.15) is 0 Å². The van der Waals surface area contributed by atoms with Crippen LogP contribution >= 0.6 is 32.4 Å². The summed E-state index contributed by atoms with van der Waals surface area (Å²) in [5.41, 5.74) is 0. The first-order valence-corrected chi connectivity index (χ1v) is 9.02. The molecular formula is H5O9P3S. The second-order valence-corrected chi connectivity index (χ2v) is 10.1. The molecule has 13 heavy (non-hydrogen) atoms. The molecule has 0 aromatic rings. The van der Waals surface area contributed by atoms with Crippen molar-refractivity contribution >= 4 is 32.4 Å². The van der Waals surface area contributed by atoms with Gasteiger partial charge < -0.3 is 24.5 Å². The van der Waals surface area contributed by atoms with Gasteiger partial charge in [0.05, 0.1) is 11.0 Å². The molecule has 1 unspecified atom stereocenters. The predicted molar refractivity (Wildman–Crippen MR) is 42.6 cm³/mol. The van der Waals surface area contributed by atoms with Crippen molar-refractivity contribution in [3.63, 3.8) is 0 Å². The lowest BCUT2D eigenvalue weighted by Crippen LogP contribution is -1.84. The molecule has 0 aliphatic heterocycles. The topological polar surface area (TPSA) is 162 Å². The fraction of sp³-hybridized carbons (Fsp3) is 0. The summed E-state index contributed by atoms with van der Waals surface area (Å²) in [5, 5.41) is 0. The van der Waals surface area contributed by atoms with E-state index in [1.54, 1.807) is 0 Å². The summed E-state index contributed by atoms with van der Waals surface area (Å²) in [6.45, 7) is -9.98.